The van der Waals surface area contributed by atoms with Gasteiger partial charge in [0.05, 0.1) is 19.1 Å². The Morgan fingerprint density at radius 3 is 2.74 bits per heavy atom. The molecule has 0 bridgehead atoms. The molecule has 2 aromatic heterocycles. The molecule has 0 amide bonds. The van der Waals surface area contributed by atoms with Crippen LogP contribution in [0.5, 0.6) is 0 Å². The van der Waals surface area contributed by atoms with Gasteiger partial charge in [0.15, 0.2) is 5.58 Å². The number of furan rings is 1. The molecule has 1 aliphatic carbocycles. The van der Waals surface area contributed by atoms with Crippen LogP contribution in [0.4, 0.5) is 0 Å². The molecule has 0 aromatic carbocycles. The highest BCUT2D eigenvalue weighted by molar-refractivity contribution is 5.92. The minimum absolute atomic E-state index is 0.253. The number of hydrogen-bond donors (Lipinski definition) is 0. The minimum Gasteiger partial charge on any atom is -0.466 e. The maximum atomic E-state index is 12.5. The first-order valence-corrected chi connectivity index (χ1v) is 7.86. The number of pyridine rings is 1. The smallest absolute Gasteiger partial charge is 0.314 e. The summed E-state index contributed by atoms with van der Waals surface area (Å²) in [6, 6.07) is 3.59. The van der Waals surface area contributed by atoms with Crippen LogP contribution in [0.1, 0.15) is 37.5 Å². The summed E-state index contributed by atoms with van der Waals surface area (Å²) in [5.74, 6) is -1.39. The summed E-state index contributed by atoms with van der Waals surface area (Å²) in [6.07, 6.45) is 2.72. The Balaban J connectivity index is 2.10. The molecule has 0 N–H and O–H groups in total. The number of nitrogens with zero attached hydrogens (tertiary/aromatic N) is 1. The average molecular weight is 317 g/mol. The van der Waals surface area contributed by atoms with E-state index in [2.05, 4.69) is 4.98 Å². The van der Waals surface area contributed by atoms with Crippen molar-refractivity contribution in [2.45, 2.75) is 32.6 Å². The van der Waals surface area contributed by atoms with E-state index in [1.807, 2.05) is 6.07 Å². The van der Waals surface area contributed by atoms with Crippen LogP contribution < -0.4 is 0 Å². The first kappa shape index (κ1) is 15.5. The van der Waals surface area contributed by atoms with E-state index in [1.165, 1.54) is 0 Å². The highest BCUT2D eigenvalue weighted by Crippen LogP contribution is 2.42. The first-order valence-electron chi connectivity index (χ1n) is 7.86. The minimum atomic E-state index is -0.728. The van der Waals surface area contributed by atoms with Crippen molar-refractivity contribution in [2.75, 3.05) is 13.2 Å². The molecule has 2 atom stereocenters. The van der Waals surface area contributed by atoms with Crippen molar-refractivity contribution in [3.05, 3.63) is 29.7 Å². The molecule has 2 aromatic rings. The third-order valence-electron chi connectivity index (χ3n) is 4.09. The lowest BCUT2D eigenvalue weighted by Crippen LogP contribution is -2.34. The van der Waals surface area contributed by atoms with Gasteiger partial charge in [0.2, 0.25) is 0 Å². The lowest BCUT2D eigenvalue weighted by Gasteiger charge is -2.27. The number of esters is 2. The lowest BCUT2D eigenvalue weighted by atomic mass is 9.77. The van der Waals surface area contributed by atoms with Gasteiger partial charge in [-0.1, -0.05) is 0 Å². The van der Waals surface area contributed by atoms with Crippen molar-refractivity contribution in [1.82, 2.24) is 4.98 Å². The van der Waals surface area contributed by atoms with Gasteiger partial charge in [-0.05, 0) is 32.4 Å². The molecule has 1 aliphatic rings. The predicted molar refractivity (Wildman–Crippen MR) is 81.8 cm³/mol. The number of carbonyl (C=O) groups excluding carboxylic acids is 2. The Morgan fingerprint density at radius 2 is 2.00 bits per heavy atom. The summed E-state index contributed by atoms with van der Waals surface area (Å²) < 4.78 is 16.2. The zero-order chi connectivity index (χ0) is 16.4. The zero-order valence-electron chi connectivity index (χ0n) is 13.2. The Morgan fingerprint density at radius 1 is 1.26 bits per heavy atom. The Bertz CT molecular complexity index is 736. The van der Waals surface area contributed by atoms with E-state index in [0.717, 1.165) is 0 Å². The van der Waals surface area contributed by atoms with Crippen molar-refractivity contribution < 1.29 is 23.5 Å². The average Bonchev–Trinajstić information content (AvgIpc) is 2.93. The van der Waals surface area contributed by atoms with Gasteiger partial charge in [-0.3, -0.25) is 14.6 Å². The Kier molecular flexibility index (Phi) is 4.32. The number of carbonyl (C=O) groups is 2. The van der Waals surface area contributed by atoms with Crippen LogP contribution in [-0.4, -0.2) is 30.1 Å². The number of aryl methyl sites for hydroxylation is 1. The van der Waals surface area contributed by atoms with Crippen LogP contribution in [0.3, 0.4) is 0 Å². The second kappa shape index (κ2) is 6.40. The fraction of sp³-hybridized carbons (Fsp3) is 0.471. The van der Waals surface area contributed by atoms with Gasteiger partial charge in [-0.25, -0.2) is 0 Å². The van der Waals surface area contributed by atoms with E-state index in [1.54, 1.807) is 26.1 Å². The van der Waals surface area contributed by atoms with Gasteiger partial charge in [0.1, 0.15) is 17.2 Å². The van der Waals surface area contributed by atoms with Gasteiger partial charge in [0.25, 0.3) is 0 Å². The van der Waals surface area contributed by atoms with E-state index in [9.17, 15) is 9.59 Å². The summed E-state index contributed by atoms with van der Waals surface area (Å²) >= 11 is 0. The number of aromatic nitrogens is 1. The molecule has 0 aliphatic heterocycles. The Hall–Kier alpha value is -2.37. The molecule has 0 spiro atoms. The molecular formula is C17H19NO5. The quantitative estimate of drug-likeness (QED) is 0.807. The number of ether oxygens (including phenoxy) is 2. The molecule has 6 heteroatoms. The predicted octanol–water partition coefficient (Wildman–Crippen LogP) is 2.60. The molecule has 6 nitrogen and oxygen atoms in total. The first-order chi connectivity index (χ1) is 11.2. The van der Waals surface area contributed by atoms with Gasteiger partial charge < -0.3 is 13.9 Å². The zero-order valence-corrected chi connectivity index (χ0v) is 13.2. The third kappa shape index (κ3) is 2.69. The van der Waals surface area contributed by atoms with Crippen LogP contribution in [0, 0.1) is 5.92 Å². The fourth-order valence-corrected chi connectivity index (χ4v) is 3.17. The lowest BCUT2D eigenvalue weighted by molar-refractivity contribution is -0.157. The van der Waals surface area contributed by atoms with Crippen LogP contribution in [-0.2, 0) is 25.5 Å². The standard InChI is InChI=1S/C17H19NO5/c1-3-21-16(19)10-7-8-11-14(13(10)17(20)22-4-2)15-12(23-11)6-5-9-18-15/h5-6,9-10,13H,3-4,7-8H2,1-2H3. The molecule has 0 fully saturated rings. The molecule has 23 heavy (non-hydrogen) atoms. The third-order valence-corrected chi connectivity index (χ3v) is 4.09. The van der Waals surface area contributed by atoms with E-state index in [4.69, 9.17) is 13.9 Å². The molecular weight excluding hydrogens is 298 g/mol. The number of hydrogen-bond acceptors (Lipinski definition) is 6. The maximum Gasteiger partial charge on any atom is 0.314 e. The van der Waals surface area contributed by atoms with E-state index in [0.29, 0.717) is 35.3 Å². The van der Waals surface area contributed by atoms with Crippen LogP contribution in [0.15, 0.2) is 22.7 Å². The normalized spacial score (nSPS) is 20.1. The summed E-state index contributed by atoms with van der Waals surface area (Å²) in [7, 11) is 0. The number of fused-ring (bicyclic) bond motifs is 3. The molecule has 122 valence electrons. The SMILES string of the molecule is CCOC(=O)C1CCc2oc3cccnc3c2C1C(=O)OCC. The van der Waals surface area contributed by atoms with E-state index < -0.39 is 17.8 Å². The van der Waals surface area contributed by atoms with Crippen molar-refractivity contribution in [3.63, 3.8) is 0 Å². The van der Waals surface area contributed by atoms with Gasteiger partial charge in [-0.15, -0.1) is 0 Å². The summed E-state index contributed by atoms with van der Waals surface area (Å²) in [4.78, 5) is 29.2. The fourth-order valence-electron chi connectivity index (χ4n) is 3.17. The molecule has 2 unspecified atom stereocenters. The van der Waals surface area contributed by atoms with Crippen LogP contribution >= 0.6 is 0 Å². The topological polar surface area (TPSA) is 78.6 Å². The second-order valence-electron chi connectivity index (χ2n) is 5.42. The highest BCUT2D eigenvalue weighted by Gasteiger charge is 2.44. The molecule has 0 saturated carbocycles. The molecule has 0 radical (unpaired) electrons. The van der Waals surface area contributed by atoms with Crippen molar-refractivity contribution in [2.24, 2.45) is 5.92 Å². The van der Waals surface area contributed by atoms with Crippen molar-refractivity contribution >= 4 is 23.0 Å². The van der Waals surface area contributed by atoms with Crippen LogP contribution in [0.25, 0.3) is 11.1 Å². The highest BCUT2D eigenvalue weighted by atomic mass is 16.5. The van der Waals surface area contributed by atoms with Crippen molar-refractivity contribution in [3.8, 4) is 0 Å². The van der Waals surface area contributed by atoms with Crippen LogP contribution in [0.2, 0.25) is 0 Å². The Labute approximate surface area is 133 Å². The summed E-state index contributed by atoms with van der Waals surface area (Å²) in [6.45, 7) is 4.03. The van der Waals surface area contributed by atoms with E-state index in [-0.39, 0.29) is 19.2 Å². The molecule has 3 rings (SSSR count). The van der Waals surface area contributed by atoms with Gasteiger partial charge in [0, 0.05) is 18.2 Å². The second-order valence-corrected chi connectivity index (χ2v) is 5.42. The van der Waals surface area contributed by atoms with Gasteiger partial charge in [-0.2, -0.15) is 0 Å². The number of rotatable bonds is 4. The summed E-state index contributed by atoms with van der Waals surface area (Å²) in [5.41, 5.74) is 1.91. The monoisotopic (exact) mass is 317 g/mol. The molecule has 0 saturated heterocycles. The van der Waals surface area contributed by atoms with Crippen molar-refractivity contribution in [1.29, 1.82) is 0 Å². The molecule has 2 heterocycles. The summed E-state index contributed by atoms with van der Waals surface area (Å²) in [5, 5.41) is 0. The van der Waals surface area contributed by atoms with E-state index >= 15 is 0 Å². The largest absolute Gasteiger partial charge is 0.466 e. The van der Waals surface area contributed by atoms with Gasteiger partial charge >= 0.3 is 11.9 Å². The maximum absolute atomic E-state index is 12.5.